The van der Waals surface area contributed by atoms with Gasteiger partial charge in [-0.05, 0) is 36.5 Å². The van der Waals surface area contributed by atoms with E-state index < -0.39 is 18.2 Å². The van der Waals surface area contributed by atoms with Crippen LogP contribution in [0.5, 0.6) is 0 Å². The van der Waals surface area contributed by atoms with Crippen LogP contribution in [0.25, 0.3) is 11.3 Å². The van der Waals surface area contributed by atoms with E-state index in [4.69, 9.17) is 0 Å². The molecule has 3 N–H and O–H groups in total. The van der Waals surface area contributed by atoms with Gasteiger partial charge < -0.3 is 15.2 Å². The van der Waals surface area contributed by atoms with E-state index in [1.807, 2.05) is 63.2 Å². The molecule has 1 aromatic heterocycles. The zero-order valence-corrected chi connectivity index (χ0v) is 19.2. The van der Waals surface area contributed by atoms with E-state index in [9.17, 15) is 14.7 Å². The number of pyridine rings is 1. The number of nitrogens with zero attached hydrogens (tertiary/aromatic N) is 2. The van der Waals surface area contributed by atoms with Gasteiger partial charge in [-0.3, -0.25) is 15.2 Å². The van der Waals surface area contributed by atoms with Gasteiger partial charge in [0.25, 0.3) is 5.91 Å². The number of ether oxygens (including phenoxy) is 1. The second-order valence-electron chi connectivity index (χ2n) is 8.15. The van der Waals surface area contributed by atoms with Crippen molar-refractivity contribution in [2.75, 3.05) is 13.7 Å². The number of aromatic nitrogens is 1. The number of hydrogen-bond donors (Lipinski definition) is 3. The van der Waals surface area contributed by atoms with Gasteiger partial charge in [0.15, 0.2) is 0 Å². The number of hydrogen-bond acceptors (Lipinski definition) is 6. The number of rotatable bonds is 11. The van der Waals surface area contributed by atoms with Crippen molar-refractivity contribution in [2.45, 2.75) is 52.3 Å². The van der Waals surface area contributed by atoms with Crippen LogP contribution in [0.1, 0.15) is 39.2 Å². The Morgan fingerprint density at radius 3 is 2.44 bits per heavy atom. The predicted octanol–water partition coefficient (Wildman–Crippen LogP) is 3.12. The average Bonchev–Trinajstić information content (AvgIpc) is 2.79. The molecule has 2 aromatic rings. The molecule has 2 atom stereocenters. The quantitative estimate of drug-likeness (QED) is 0.462. The van der Waals surface area contributed by atoms with E-state index in [0.29, 0.717) is 19.4 Å². The molecular formula is C24H34N4O4. The Balaban J connectivity index is 2.12. The van der Waals surface area contributed by atoms with Crippen LogP contribution in [0.3, 0.4) is 0 Å². The van der Waals surface area contributed by atoms with Crippen LogP contribution in [-0.4, -0.2) is 52.9 Å². The number of carbonyl (C=O) groups is 2. The number of aliphatic hydroxyl groups is 1. The lowest BCUT2D eigenvalue weighted by Gasteiger charge is -2.28. The lowest BCUT2D eigenvalue weighted by molar-refractivity contribution is -0.129. The summed E-state index contributed by atoms with van der Waals surface area (Å²) in [6.07, 6.45) is 1.52. The minimum Gasteiger partial charge on any atom is -0.453 e. The van der Waals surface area contributed by atoms with Crippen molar-refractivity contribution in [1.82, 2.24) is 20.7 Å². The van der Waals surface area contributed by atoms with Crippen LogP contribution in [0.15, 0.2) is 48.7 Å². The highest BCUT2D eigenvalue weighted by Gasteiger charge is 2.24. The van der Waals surface area contributed by atoms with E-state index in [1.165, 1.54) is 7.11 Å². The van der Waals surface area contributed by atoms with Gasteiger partial charge in [0.1, 0.15) is 6.04 Å². The Morgan fingerprint density at radius 1 is 1.16 bits per heavy atom. The maximum atomic E-state index is 12.9. The van der Waals surface area contributed by atoms with E-state index in [1.54, 1.807) is 11.2 Å². The molecule has 2 unspecified atom stereocenters. The average molecular weight is 443 g/mol. The van der Waals surface area contributed by atoms with Crippen LogP contribution >= 0.6 is 0 Å². The number of benzene rings is 1. The highest BCUT2D eigenvalue weighted by molar-refractivity contribution is 5.85. The van der Waals surface area contributed by atoms with Crippen LogP contribution < -0.4 is 10.7 Å². The van der Waals surface area contributed by atoms with Crippen LogP contribution in [0, 0.1) is 5.92 Å². The molecule has 0 saturated heterocycles. The summed E-state index contributed by atoms with van der Waals surface area (Å²) in [5, 5.41) is 14.5. The number of aliphatic hydroxyl groups excluding tert-OH is 1. The zero-order chi connectivity index (χ0) is 23.5. The highest BCUT2D eigenvalue weighted by atomic mass is 16.5. The van der Waals surface area contributed by atoms with Gasteiger partial charge in [-0.2, -0.15) is 0 Å². The molecule has 0 saturated carbocycles. The van der Waals surface area contributed by atoms with Crippen LogP contribution in [0.2, 0.25) is 0 Å². The molecule has 0 aliphatic rings. The molecule has 0 fully saturated rings. The molecule has 174 valence electrons. The molecule has 1 aromatic carbocycles. The molecule has 0 radical (unpaired) electrons. The Hall–Kier alpha value is -2.97. The van der Waals surface area contributed by atoms with Crippen molar-refractivity contribution >= 4 is 12.0 Å². The maximum Gasteiger partial charge on any atom is 0.407 e. The molecule has 2 rings (SSSR count). The van der Waals surface area contributed by atoms with Crippen molar-refractivity contribution in [3.8, 4) is 11.3 Å². The standard InChI is InChI=1S/C24H34N4O4/c1-5-20(29)16-28(27-23(30)22(14-17(2)3)26-24(31)32-4)15-18-9-11-19(12-10-18)21-8-6-7-13-25-21/h6-13,17,20,22,29H,5,14-16H2,1-4H3,(H,26,31)(H,27,30). The summed E-state index contributed by atoms with van der Waals surface area (Å²) < 4.78 is 4.65. The van der Waals surface area contributed by atoms with Crippen LogP contribution in [-0.2, 0) is 16.1 Å². The second kappa shape index (κ2) is 12.8. The first-order valence-electron chi connectivity index (χ1n) is 10.9. The molecule has 1 heterocycles. The Labute approximate surface area is 190 Å². The number of nitrogens with one attached hydrogen (secondary N) is 2. The summed E-state index contributed by atoms with van der Waals surface area (Å²) in [6, 6.07) is 12.9. The number of hydrazine groups is 1. The Bertz CT molecular complexity index is 843. The van der Waals surface area contributed by atoms with Crippen LogP contribution in [0.4, 0.5) is 4.79 Å². The molecule has 8 heteroatoms. The van der Waals surface area contributed by atoms with Gasteiger partial charge in [0.05, 0.1) is 18.9 Å². The Kier molecular flexibility index (Phi) is 10.1. The third kappa shape index (κ3) is 8.28. The summed E-state index contributed by atoms with van der Waals surface area (Å²) in [7, 11) is 1.26. The fourth-order valence-corrected chi connectivity index (χ4v) is 3.21. The molecule has 0 bridgehead atoms. The fourth-order valence-electron chi connectivity index (χ4n) is 3.21. The van der Waals surface area contributed by atoms with Gasteiger partial charge in [0.2, 0.25) is 0 Å². The molecule has 2 amide bonds. The highest BCUT2D eigenvalue weighted by Crippen LogP contribution is 2.17. The SMILES string of the molecule is CCC(O)CN(Cc1ccc(-c2ccccn2)cc1)NC(=O)C(CC(C)C)NC(=O)OC. The van der Waals surface area contributed by atoms with Gasteiger partial charge in [0, 0.05) is 24.8 Å². The van der Waals surface area contributed by atoms with E-state index in [-0.39, 0.29) is 18.4 Å². The molecular weight excluding hydrogens is 408 g/mol. The minimum atomic E-state index is -0.741. The van der Waals surface area contributed by atoms with Gasteiger partial charge >= 0.3 is 6.09 Å². The largest absolute Gasteiger partial charge is 0.453 e. The summed E-state index contributed by atoms with van der Waals surface area (Å²) in [5.74, 6) is -0.158. The van der Waals surface area contributed by atoms with Gasteiger partial charge in [-0.25, -0.2) is 9.80 Å². The first-order chi connectivity index (χ1) is 15.3. The topological polar surface area (TPSA) is 104 Å². The lowest BCUT2D eigenvalue weighted by Crippen LogP contribution is -2.54. The second-order valence-corrected chi connectivity index (χ2v) is 8.15. The molecule has 0 aliphatic carbocycles. The zero-order valence-electron chi connectivity index (χ0n) is 19.2. The molecule has 8 nitrogen and oxygen atoms in total. The van der Waals surface area contributed by atoms with E-state index in [2.05, 4.69) is 20.5 Å². The third-order valence-corrected chi connectivity index (χ3v) is 4.96. The van der Waals surface area contributed by atoms with Gasteiger partial charge in [-0.1, -0.05) is 51.1 Å². The van der Waals surface area contributed by atoms with E-state index >= 15 is 0 Å². The van der Waals surface area contributed by atoms with Crippen molar-refractivity contribution in [1.29, 1.82) is 0 Å². The summed E-state index contributed by atoms with van der Waals surface area (Å²) in [4.78, 5) is 29.0. The number of alkyl carbamates (subject to hydrolysis) is 1. The number of amides is 2. The first kappa shape index (κ1) is 25.3. The normalized spacial score (nSPS) is 13.0. The minimum absolute atomic E-state index is 0.191. The number of methoxy groups -OCH3 is 1. The first-order valence-corrected chi connectivity index (χ1v) is 10.9. The summed E-state index contributed by atoms with van der Waals surface area (Å²) in [5.41, 5.74) is 5.71. The molecule has 0 spiro atoms. The van der Waals surface area contributed by atoms with Crippen molar-refractivity contribution < 1.29 is 19.4 Å². The smallest absolute Gasteiger partial charge is 0.407 e. The van der Waals surface area contributed by atoms with Crippen molar-refractivity contribution in [3.63, 3.8) is 0 Å². The fraction of sp³-hybridized carbons (Fsp3) is 0.458. The van der Waals surface area contributed by atoms with Gasteiger partial charge in [-0.15, -0.1) is 0 Å². The third-order valence-electron chi connectivity index (χ3n) is 4.96. The summed E-state index contributed by atoms with van der Waals surface area (Å²) in [6.45, 7) is 6.49. The molecule has 32 heavy (non-hydrogen) atoms. The predicted molar refractivity (Wildman–Crippen MR) is 123 cm³/mol. The van der Waals surface area contributed by atoms with Crippen molar-refractivity contribution in [2.24, 2.45) is 5.92 Å². The Morgan fingerprint density at radius 2 is 1.88 bits per heavy atom. The summed E-state index contributed by atoms with van der Waals surface area (Å²) >= 11 is 0. The molecule has 0 aliphatic heterocycles. The van der Waals surface area contributed by atoms with E-state index in [0.717, 1.165) is 16.8 Å². The van der Waals surface area contributed by atoms with Crippen molar-refractivity contribution in [3.05, 3.63) is 54.2 Å². The maximum absolute atomic E-state index is 12.9. The lowest BCUT2D eigenvalue weighted by atomic mass is 10.0. The number of carbonyl (C=O) groups excluding carboxylic acids is 2. The monoisotopic (exact) mass is 442 g/mol.